The number of aliphatic hydroxyl groups excluding tert-OH is 1. The Morgan fingerprint density at radius 1 is 1.62 bits per heavy atom. The third kappa shape index (κ3) is 3.10. The molecule has 0 radical (unpaired) electrons. The molecule has 0 bridgehead atoms. The van der Waals surface area contributed by atoms with Crippen molar-refractivity contribution < 1.29 is 9.90 Å². The molecule has 0 saturated carbocycles. The van der Waals surface area contributed by atoms with Crippen LogP contribution >= 0.6 is 27.5 Å². The van der Waals surface area contributed by atoms with Crippen LogP contribution in [0.1, 0.15) is 5.56 Å². The molecule has 0 spiro atoms. The summed E-state index contributed by atoms with van der Waals surface area (Å²) in [6, 6.07) is 5.33. The van der Waals surface area contributed by atoms with Gasteiger partial charge in [0.15, 0.2) is 0 Å². The van der Waals surface area contributed by atoms with Crippen molar-refractivity contribution in [1.29, 1.82) is 0 Å². The molecular formula is C9H8BrClO2. The van der Waals surface area contributed by atoms with Gasteiger partial charge in [-0.2, -0.15) is 0 Å². The van der Waals surface area contributed by atoms with Gasteiger partial charge in [-0.3, -0.25) is 0 Å². The third-order valence-electron chi connectivity index (χ3n) is 1.60. The Labute approximate surface area is 89.7 Å². The number of halogens is 2. The molecule has 0 aromatic heterocycles. The number of hydrogen-bond acceptors (Lipinski definition) is 2. The van der Waals surface area contributed by atoms with E-state index < -0.39 is 6.10 Å². The second kappa shape index (κ2) is 4.74. The summed E-state index contributed by atoms with van der Waals surface area (Å²) in [5.41, 5.74) is 0.768. The van der Waals surface area contributed by atoms with E-state index in [4.69, 9.17) is 16.7 Å². The number of carbonyl (C=O) groups is 1. The van der Waals surface area contributed by atoms with Crippen LogP contribution in [0.3, 0.4) is 0 Å². The number of aldehydes is 1. The van der Waals surface area contributed by atoms with Crippen molar-refractivity contribution in [3.63, 3.8) is 0 Å². The number of aliphatic hydroxyl groups is 1. The maximum atomic E-state index is 10.2. The monoisotopic (exact) mass is 262 g/mol. The first-order chi connectivity index (χ1) is 6.13. The topological polar surface area (TPSA) is 37.3 Å². The normalized spacial score (nSPS) is 12.5. The van der Waals surface area contributed by atoms with Gasteiger partial charge in [0, 0.05) is 15.9 Å². The van der Waals surface area contributed by atoms with Crippen molar-refractivity contribution >= 4 is 33.8 Å². The van der Waals surface area contributed by atoms with Crippen LogP contribution in [0.5, 0.6) is 0 Å². The highest BCUT2D eigenvalue weighted by atomic mass is 79.9. The van der Waals surface area contributed by atoms with Crippen molar-refractivity contribution in [3.05, 3.63) is 33.3 Å². The molecule has 0 aliphatic carbocycles. The van der Waals surface area contributed by atoms with Gasteiger partial charge in [-0.15, -0.1) is 0 Å². The smallest absolute Gasteiger partial charge is 0.148 e. The summed E-state index contributed by atoms with van der Waals surface area (Å²) in [7, 11) is 0. The fourth-order valence-corrected chi connectivity index (χ4v) is 1.71. The summed E-state index contributed by atoms with van der Waals surface area (Å²) in [5.74, 6) is 0. The molecule has 4 heteroatoms. The maximum absolute atomic E-state index is 10.2. The van der Waals surface area contributed by atoms with Crippen LogP contribution in [-0.4, -0.2) is 17.5 Å². The maximum Gasteiger partial charge on any atom is 0.148 e. The largest absolute Gasteiger partial charge is 0.385 e. The highest BCUT2D eigenvalue weighted by molar-refractivity contribution is 9.10. The van der Waals surface area contributed by atoms with Crippen molar-refractivity contribution in [2.75, 3.05) is 0 Å². The van der Waals surface area contributed by atoms with Crippen molar-refractivity contribution in [2.24, 2.45) is 0 Å². The third-order valence-corrected chi connectivity index (χ3v) is 2.45. The zero-order chi connectivity index (χ0) is 9.84. The van der Waals surface area contributed by atoms with Crippen LogP contribution in [0.15, 0.2) is 22.7 Å². The highest BCUT2D eigenvalue weighted by Gasteiger charge is 2.06. The van der Waals surface area contributed by atoms with E-state index in [0.29, 0.717) is 11.3 Å². The molecule has 0 fully saturated rings. The van der Waals surface area contributed by atoms with Crippen LogP contribution < -0.4 is 0 Å². The van der Waals surface area contributed by atoms with Gasteiger partial charge in [-0.1, -0.05) is 33.6 Å². The summed E-state index contributed by atoms with van der Waals surface area (Å²) in [4.78, 5) is 10.2. The molecule has 0 aliphatic rings. The first-order valence-corrected chi connectivity index (χ1v) is 4.88. The fourth-order valence-electron chi connectivity index (χ4n) is 0.961. The quantitative estimate of drug-likeness (QED) is 0.849. The van der Waals surface area contributed by atoms with Crippen LogP contribution in [0.25, 0.3) is 0 Å². The molecule has 1 atom stereocenters. The molecule has 0 saturated heterocycles. The minimum Gasteiger partial charge on any atom is -0.385 e. The molecule has 1 rings (SSSR count). The standard InChI is InChI=1S/C9H8BrClO2/c10-7-2-1-6(9(11)4-7)3-8(13)5-12/h1-2,4-5,8,13H,3H2. The Bertz CT molecular complexity index is 314. The minimum atomic E-state index is -0.973. The second-order valence-electron chi connectivity index (χ2n) is 2.64. The summed E-state index contributed by atoms with van der Waals surface area (Å²) in [5, 5.41) is 9.62. The molecule has 70 valence electrons. The van der Waals surface area contributed by atoms with Crippen LogP contribution in [0.2, 0.25) is 5.02 Å². The molecule has 1 aromatic rings. The predicted octanol–water partition coefficient (Wildman–Crippen LogP) is 2.20. The Balaban J connectivity index is 2.83. The van der Waals surface area contributed by atoms with Crippen LogP contribution in [0, 0.1) is 0 Å². The second-order valence-corrected chi connectivity index (χ2v) is 3.97. The molecule has 1 N–H and O–H groups in total. The van der Waals surface area contributed by atoms with Gasteiger partial charge in [0.1, 0.15) is 12.4 Å². The molecule has 1 unspecified atom stereocenters. The van der Waals surface area contributed by atoms with Gasteiger partial charge in [-0.25, -0.2) is 0 Å². The van der Waals surface area contributed by atoms with Gasteiger partial charge in [0.05, 0.1) is 0 Å². The van der Waals surface area contributed by atoms with Crippen molar-refractivity contribution in [2.45, 2.75) is 12.5 Å². The Kier molecular flexibility index (Phi) is 3.90. The number of rotatable bonds is 3. The molecule has 2 nitrogen and oxygen atoms in total. The highest BCUT2D eigenvalue weighted by Crippen LogP contribution is 2.22. The Hall–Kier alpha value is -0.380. The molecule has 13 heavy (non-hydrogen) atoms. The van der Waals surface area contributed by atoms with Crippen LogP contribution in [0.4, 0.5) is 0 Å². The Morgan fingerprint density at radius 2 is 2.31 bits per heavy atom. The van der Waals surface area contributed by atoms with Crippen molar-refractivity contribution in [3.8, 4) is 0 Å². The lowest BCUT2D eigenvalue weighted by Gasteiger charge is -2.05. The van der Waals surface area contributed by atoms with Gasteiger partial charge in [0.25, 0.3) is 0 Å². The van der Waals surface area contributed by atoms with E-state index in [1.54, 1.807) is 12.1 Å². The number of hydrogen-bond donors (Lipinski definition) is 1. The van der Waals surface area contributed by atoms with Gasteiger partial charge in [0.2, 0.25) is 0 Å². The van der Waals surface area contributed by atoms with E-state index >= 15 is 0 Å². The fraction of sp³-hybridized carbons (Fsp3) is 0.222. The summed E-state index contributed by atoms with van der Waals surface area (Å²) < 4.78 is 0.877. The minimum absolute atomic E-state index is 0.260. The van der Waals surface area contributed by atoms with E-state index in [0.717, 1.165) is 10.0 Å². The Morgan fingerprint density at radius 3 is 2.85 bits per heavy atom. The molecule has 0 aliphatic heterocycles. The van der Waals surface area contributed by atoms with Crippen molar-refractivity contribution in [1.82, 2.24) is 0 Å². The average Bonchev–Trinajstić information content (AvgIpc) is 2.09. The lowest BCUT2D eigenvalue weighted by molar-refractivity contribution is -0.114. The summed E-state index contributed by atoms with van der Waals surface area (Å²) in [6.07, 6.45) is -0.216. The van der Waals surface area contributed by atoms with E-state index in [2.05, 4.69) is 15.9 Å². The molecule has 0 amide bonds. The molecule has 0 heterocycles. The van der Waals surface area contributed by atoms with Gasteiger partial charge >= 0.3 is 0 Å². The first-order valence-electron chi connectivity index (χ1n) is 3.71. The van der Waals surface area contributed by atoms with Gasteiger partial charge < -0.3 is 9.90 Å². The number of carbonyl (C=O) groups excluding carboxylic acids is 1. The molecule has 1 aromatic carbocycles. The summed E-state index contributed by atoms with van der Waals surface area (Å²) >= 11 is 9.14. The van der Waals surface area contributed by atoms with Crippen LogP contribution in [-0.2, 0) is 11.2 Å². The van der Waals surface area contributed by atoms with E-state index in [-0.39, 0.29) is 6.42 Å². The zero-order valence-corrected chi connectivity index (χ0v) is 9.05. The van der Waals surface area contributed by atoms with E-state index in [9.17, 15) is 4.79 Å². The lowest BCUT2D eigenvalue weighted by atomic mass is 10.1. The average molecular weight is 264 g/mol. The van der Waals surface area contributed by atoms with Gasteiger partial charge in [-0.05, 0) is 17.7 Å². The lowest BCUT2D eigenvalue weighted by Crippen LogP contribution is -2.11. The first kappa shape index (κ1) is 10.7. The number of benzene rings is 1. The summed E-state index contributed by atoms with van der Waals surface area (Å²) in [6.45, 7) is 0. The molecular weight excluding hydrogens is 255 g/mol. The predicted molar refractivity (Wildman–Crippen MR) is 54.9 cm³/mol. The zero-order valence-electron chi connectivity index (χ0n) is 6.71. The SMILES string of the molecule is O=CC(O)Cc1ccc(Br)cc1Cl. The van der Waals surface area contributed by atoms with E-state index in [1.807, 2.05) is 6.07 Å². The van der Waals surface area contributed by atoms with E-state index in [1.165, 1.54) is 0 Å².